The number of rotatable bonds is 10. The van der Waals surface area contributed by atoms with Crippen LogP contribution in [0, 0.1) is 5.92 Å². The van der Waals surface area contributed by atoms with Crippen molar-refractivity contribution in [1.29, 1.82) is 0 Å². The van der Waals surface area contributed by atoms with Crippen molar-refractivity contribution in [2.24, 2.45) is 15.9 Å². The van der Waals surface area contributed by atoms with Gasteiger partial charge in [0.2, 0.25) is 10.0 Å². The van der Waals surface area contributed by atoms with E-state index in [1.54, 1.807) is 0 Å². The van der Waals surface area contributed by atoms with Gasteiger partial charge in [0, 0.05) is 44.7 Å². The summed E-state index contributed by atoms with van der Waals surface area (Å²) >= 11 is 0. The number of piperidine rings is 2. The Bertz CT molecular complexity index is 917. The van der Waals surface area contributed by atoms with Gasteiger partial charge in [-0.25, -0.2) is 22.7 Å². The molecule has 9 nitrogen and oxygen atoms in total. The van der Waals surface area contributed by atoms with E-state index in [0.717, 1.165) is 25.9 Å². The lowest BCUT2D eigenvalue weighted by molar-refractivity contribution is -0.0473. The van der Waals surface area contributed by atoms with Gasteiger partial charge in [0.25, 0.3) is 0 Å². The zero-order valence-corrected chi connectivity index (χ0v) is 23.3. The summed E-state index contributed by atoms with van der Waals surface area (Å²) in [6.45, 7) is 16.6. The highest BCUT2D eigenvalue weighted by Crippen LogP contribution is 2.26. The van der Waals surface area contributed by atoms with Crippen LogP contribution in [-0.4, -0.2) is 92.4 Å². The molecule has 2 saturated heterocycles. The van der Waals surface area contributed by atoms with Gasteiger partial charge in [-0.3, -0.25) is 0 Å². The van der Waals surface area contributed by atoms with Gasteiger partial charge in [-0.15, -0.1) is 6.58 Å². The molecule has 3 atom stereocenters. The third-order valence-electron chi connectivity index (χ3n) is 6.95. The predicted octanol–water partition coefficient (Wildman–Crippen LogP) is 3.58. The van der Waals surface area contributed by atoms with Crippen molar-refractivity contribution in [3.63, 3.8) is 0 Å². The summed E-state index contributed by atoms with van der Waals surface area (Å²) in [5.74, 6) is 0.544. The second-order valence-corrected chi connectivity index (χ2v) is 12.1. The number of aliphatic imine (C=N–C) groups is 2. The second kappa shape index (κ2) is 13.2. The molecule has 0 spiro atoms. The third kappa shape index (κ3) is 7.63. The summed E-state index contributed by atoms with van der Waals surface area (Å²) in [4.78, 5) is 11.3. The van der Waals surface area contributed by atoms with E-state index in [1.807, 2.05) is 6.92 Å². The minimum absolute atomic E-state index is 0.0284. The molecule has 0 aromatic heterocycles. The first-order valence-corrected chi connectivity index (χ1v) is 14.8. The largest absolute Gasteiger partial charge is 0.477 e. The lowest BCUT2D eigenvalue weighted by Crippen LogP contribution is -2.44. The van der Waals surface area contributed by atoms with E-state index in [1.165, 1.54) is 22.4 Å². The molecule has 3 unspecified atom stereocenters. The number of likely N-dealkylation sites (tertiary alicyclic amines) is 1. The number of sulfonamides is 1. The van der Waals surface area contributed by atoms with Crippen LogP contribution in [-0.2, 0) is 24.2 Å². The number of hydrogen-bond acceptors (Lipinski definition) is 8. The van der Waals surface area contributed by atoms with E-state index in [9.17, 15) is 8.42 Å². The maximum Gasteiger partial charge on any atom is 0.217 e. The molecule has 204 valence electrons. The Morgan fingerprint density at radius 2 is 1.78 bits per heavy atom. The van der Waals surface area contributed by atoms with Crippen LogP contribution in [0.1, 0.15) is 60.3 Å². The smallest absolute Gasteiger partial charge is 0.217 e. The van der Waals surface area contributed by atoms with Gasteiger partial charge in [0.05, 0.1) is 30.0 Å². The Balaban J connectivity index is 1.46. The summed E-state index contributed by atoms with van der Waals surface area (Å²) in [5, 5.41) is 0. The average molecular weight is 525 g/mol. The highest BCUT2D eigenvalue weighted by molar-refractivity contribution is 7.89. The van der Waals surface area contributed by atoms with Crippen molar-refractivity contribution in [1.82, 2.24) is 9.21 Å². The molecule has 2 fully saturated rings. The van der Waals surface area contributed by atoms with Crippen LogP contribution in [0.15, 0.2) is 34.4 Å². The summed E-state index contributed by atoms with van der Waals surface area (Å²) in [7, 11) is -3.27. The molecule has 0 bridgehead atoms. The molecular formula is C26H44N4O5S. The maximum absolute atomic E-state index is 12.3. The predicted molar refractivity (Wildman–Crippen MR) is 144 cm³/mol. The molecule has 0 aliphatic carbocycles. The molecule has 3 aliphatic rings. The van der Waals surface area contributed by atoms with E-state index >= 15 is 0 Å². The number of ether oxygens (including phenoxy) is 3. The van der Waals surface area contributed by atoms with Gasteiger partial charge in [-0.05, 0) is 47.5 Å². The van der Waals surface area contributed by atoms with E-state index in [-0.39, 0.29) is 42.3 Å². The summed E-state index contributed by atoms with van der Waals surface area (Å²) in [6, 6.07) is 0. The fraction of sp³-hybridized carbons (Fsp3) is 0.769. The summed E-state index contributed by atoms with van der Waals surface area (Å²) in [6.07, 6.45) is 8.19. The Kier molecular flexibility index (Phi) is 10.5. The highest BCUT2D eigenvalue weighted by Gasteiger charge is 2.34. The number of hydrogen-bond donors (Lipinski definition) is 0. The Morgan fingerprint density at radius 3 is 2.36 bits per heavy atom. The molecule has 0 aromatic carbocycles. The van der Waals surface area contributed by atoms with Gasteiger partial charge in [-0.1, -0.05) is 12.2 Å². The Hall–Kier alpha value is -1.75. The number of allylic oxidation sites excluding steroid dienone is 1. The van der Waals surface area contributed by atoms with Crippen molar-refractivity contribution in [3.8, 4) is 0 Å². The van der Waals surface area contributed by atoms with Gasteiger partial charge >= 0.3 is 0 Å². The fourth-order valence-corrected chi connectivity index (χ4v) is 6.34. The molecule has 3 rings (SSSR count). The Labute approximate surface area is 217 Å². The molecule has 36 heavy (non-hydrogen) atoms. The highest BCUT2D eigenvalue weighted by atomic mass is 32.2. The minimum atomic E-state index is -3.27. The quantitative estimate of drug-likeness (QED) is 0.406. The van der Waals surface area contributed by atoms with Crippen LogP contribution in [0.4, 0.5) is 0 Å². The normalized spacial score (nSPS) is 26.2. The standard InChI is InChI=1S/C26H44N4O5S/c1-7-17-36(31,32)30-15-11-23(12-16-30)35-26-20(5)25(27-18-28-26)34-22-9-13-29(14-10-22)24(8-2)21(6)33-19(3)4/h7-8,18-23,26H,1,9-17H2,2-6H3. The zero-order valence-electron chi connectivity index (χ0n) is 22.5. The van der Waals surface area contributed by atoms with Gasteiger partial charge in [0.1, 0.15) is 12.4 Å². The fourth-order valence-electron chi connectivity index (χ4n) is 5.07. The van der Waals surface area contributed by atoms with Gasteiger partial charge < -0.3 is 19.1 Å². The zero-order chi connectivity index (χ0) is 26.3. The average Bonchev–Trinajstić information content (AvgIpc) is 2.83. The maximum atomic E-state index is 12.3. The third-order valence-corrected chi connectivity index (χ3v) is 8.76. The van der Waals surface area contributed by atoms with Crippen molar-refractivity contribution >= 4 is 22.3 Å². The van der Waals surface area contributed by atoms with Crippen LogP contribution in [0.25, 0.3) is 0 Å². The summed E-state index contributed by atoms with van der Waals surface area (Å²) in [5.41, 5.74) is 1.23. The first-order valence-electron chi connectivity index (χ1n) is 13.2. The molecule has 10 heteroatoms. The molecular weight excluding hydrogens is 480 g/mol. The van der Waals surface area contributed by atoms with Crippen molar-refractivity contribution in [2.45, 2.75) is 90.9 Å². The van der Waals surface area contributed by atoms with Crippen LogP contribution < -0.4 is 0 Å². The summed E-state index contributed by atoms with van der Waals surface area (Å²) < 4.78 is 44.7. The first-order chi connectivity index (χ1) is 17.1. The minimum Gasteiger partial charge on any atom is -0.477 e. The lowest BCUT2D eigenvalue weighted by Gasteiger charge is -2.38. The molecule has 0 aromatic rings. The topological polar surface area (TPSA) is 93.0 Å². The second-order valence-electron chi connectivity index (χ2n) is 10.1. The van der Waals surface area contributed by atoms with Crippen LogP contribution >= 0.6 is 0 Å². The van der Waals surface area contributed by atoms with Gasteiger partial charge in [0.15, 0.2) is 12.1 Å². The van der Waals surface area contributed by atoms with Crippen LogP contribution in [0.5, 0.6) is 0 Å². The van der Waals surface area contributed by atoms with E-state index in [0.29, 0.717) is 31.8 Å². The van der Waals surface area contributed by atoms with Crippen molar-refractivity contribution in [2.75, 3.05) is 31.9 Å². The monoisotopic (exact) mass is 524 g/mol. The molecule has 0 N–H and O–H groups in total. The molecule has 3 aliphatic heterocycles. The molecule has 0 saturated carbocycles. The number of nitrogens with zero attached hydrogens (tertiary/aromatic N) is 4. The molecule has 3 heterocycles. The lowest BCUT2D eigenvalue weighted by atomic mass is 10.0. The van der Waals surface area contributed by atoms with Gasteiger partial charge in [-0.2, -0.15) is 0 Å². The van der Waals surface area contributed by atoms with Crippen LogP contribution in [0.3, 0.4) is 0 Å². The SMILES string of the molecule is C=CCS(=O)(=O)N1CCC(OC2N=CN=C(OC3CCN(C(=CC)C(C)OC(C)C)CC3)C2C)CC1. The van der Waals surface area contributed by atoms with E-state index in [4.69, 9.17) is 14.2 Å². The van der Waals surface area contributed by atoms with E-state index in [2.05, 4.69) is 55.2 Å². The molecule has 0 radical (unpaired) electrons. The van der Waals surface area contributed by atoms with Crippen molar-refractivity contribution in [3.05, 3.63) is 24.4 Å². The van der Waals surface area contributed by atoms with E-state index < -0.39 is 10.0 Å². The first kappa shape index (κ1) is 28.8. The molecule has 0 amide bonds. The van der Waals surface area contributed by atoms with Crippen molar-refractivity contribution < 1.29 is 22.6 Å². The van der Waals surface area contributed by atoms with Crippen LogP contribution in [0.2, 0.25) is 0 Å². The Morgan fingerprint density at radius 1 is 1.14 bits per heavy atom.